The van der Waals surface area contributed by atoms with Crippen molar-refractivity contribution in [1.29, 1.82) is 0 Å². The zero-order valence-corrected chi connectivity index (χ0v) is 9.69. The predicted molar refractivity (Wildman–Crippen MR) is 64.9 cm³/mol. The molecule has 1 aromatic carbocycles. The standard InChI is InChI=1S/C13H14N2O2/c1-2-10-12(17-13(14)15-10)9-3-4-11-8(7-9)5-6-16-11/h3-4,7H,2,5-6H2,1H3,(H2,14,15). The lowest BCUT2D eigenvalue weighted by Gasteiger charge is -2.02. The van der Waals surface area contributed by atoms with E-state index >= 15 is 0 Å². The summed E-state index contributed by atoms with van der Waals surface area (Å²) in [4.78, 5) is 4.18. The number of aryl methyl sites for hydroxylation is 1. The van der Waals surface area contributed by atoms with Gasteiger partial charge in [0.15, 0.2) is 5.76 Å². The van der Waals surface area contributed by atoms with E-state index in [1.54, 1.807) is 0 Å². The van der Waals surface area contributed by atoms with Gasteiger partial charge in [-0.3, -0.25) is 0 Å². The van der Waals surface area contributed by atoms with Crippen molar-refractivity contribution < 1.29 is 9.15 Å². The molecule has 17 heavy (non-hydrogen) atoms. The van der Waals surface area contributed by atoms with Crippen molar-refractivity contribution in [3.05, 3.63) is 29.5 Å². The molecular weight excluding hydrogens is 216 g/mol. The van der Waals surface area contributed by atoms with Gasteiger partial charge in [-0.2, -0.15) is 4.98 Å². The molecule has 0 aliphatic carbocycles. The molecule has 4 heteroatoms. The first-order valence-electron chi connectivity index (χ1n) is 5.79. The van der Waals surface area contributed by atoms with Gasteiger partial charge in [0.2, 0.25) is 0 Å². The van der Waals surface area contributed by atoms with E-state index in [-0.39, 0.29) is 6.01 Å². The van der Waals surface area contributed by atoms with Gasteiger partial charge in [0.25, 0.3) is 6.01 Å². The Morgan fingerprint density at radius 2 is 2.29 bits per heavy atom. The van der Waals surface area contributed by atoms with E-state index < -0.39 is 0 Å². The van der Waals surface area contributed by atoms with Crippen LogP contribution in [0.1, 0.15) is 18.2 Å². The van der Waals surface area contributed by atoms with Gasteiger partial charge in [-0.05, 0) is 30.2 Å². The second-order valence-electron chi connectivity index (χ2n) is 4.10. The second kappa shape index (κ2) is 3.80. The van der Waals surface area contributed by atoms with Gasteiger partial charge in [0.1, 0.15) is 5.75 Å². The van der Waals surface area contributed by atoms with Gasteiger partial charge in [-0.1, -0.05) is 6.92 Å². The molecule has 0 radical (unpaired) electrons. The van der Waals surface area contributed by atoms with Crippen molar-refractivity contribution in [2.24, 2.45) is 0 Å². The van der Waals surface area contributed by atoms with Crippen LogP contribution in [0.2, 0.25) is 0 Å². The highest BCUT2D eigenvalue weighted by molar-refractivity contribution is 5.64. The summed E-state index contributed by atoms with van der Waals surface area (Å²) in [7, 11) is 0. The van der Waals surface area contributed by atoms with Crippen LogP contribution in [0.5, 0.6) is 5.75 Å². The Morgan fingerprint density at radius 3 is 3.12 bits per heavy atom. The SMILES string of the molecule is CCc1nc(N)oc1-c1ccc2c(c1)CCO2. The average molecular weight is 230 g/mol. The molecule has 1 aliphatic heterocycles. The lowest BCUT2D eigenvalue weighted by molar-refractivity contribution is 0.357. The number of aromatic nitrogens is 1. The third-order valence-electron chi connectivity index (χ3n) is 3.00. The molecule has 2 N–H and O–H groups in total. The van der Waals surface area contributed by atoms with Crippen LogP contribution in [-0.4, -0.2) is 11.6 Å². The third-order valence-corrected chi connectivity index (χ3v) is 3.00. The number of nitrogens with two attached hydrogens (primary N) is 1. The van der Waals surface area contributed by atoms with Crippen LogP contribution < -0.4 is 10.5 Å². The van der Waals surface area contributed by atoms with E-state index in [2.05, 4.69) is 11.1 Å². The van der Waals surface area contributed by atoms with Crippen LogP contribution in [0.3, 0.4) is 0 Å². The summed E-state index contributed by atoms with van der Waals surface area (Å²) in [6.07, 6.45) is 1.76. The van der Waals surface area contributed by atoms with Gasteiger partial charge in [0, 0.05) is 12.0 Å². The summed E-state index contributed by atoms with van der Waals surface area (Å²) in [6, 6.07) is 6.30. The molecule has 88 valence electrons. The Labute approximate surface area is 99.4 Å². The highest BCUT2D eigenvalue weighted by Crippen LogP contribution is 2.32. The fourth-order valence-electron chi connectivity index (χ4n) is 2.16. The van der Waals surface area contributed by atoms with Gasteiger partial charge in [0.05, 0.1) is 12.3 Å². The summed E-state index contributed by atoms with van der Waals surface area (Å²) in [5.74, 6) is 1.75. The van der Waals surface area contributed by atoms with Crippen LogP contribution in [0.15, 0.2) is 22.6 Å². The Bertz CT molecular complexity index is 561. The first-order valence-corrected chi connectivity index (χ1v) is 5.79. The van der Waals surface area contributed by atoms with E-state index in [1.807, 2.05) is 19.1 Å². The summed E-state index contributed by atoms with van der Waals surface area (Å²) < 4.78 is 11.0. The van der Waals surface area contributed by atoms with Crippen LogP contribution in [0.4, 0.5) is 6.01 Å². The van der Waals surface area contributed by atoms with Crippen molar-refractivity contribution in [1.82, 2.24) is 4.98 Å². The number of rotatable bonds is 2. The molecular formula is C13H14N2O2. The molecule has 0 saturated carbocycles. The highest BCUT2D eigenvalue weighted by Gasteiger charge is 2.17. The molecule has 0 unspecified atom stereocenters. The third kappa shape index (κ3) is 1.65. The van der Waals surface area contributed by atoms with Gasteiger partial charge in [-0.15, -0.1) is 0 Å². The molecule has 0 spiro atoms. The number of hydrogen-bond donors (Lipinski definition) is 1. The number of hydrogen-bond acceptors (Lipinski definition) is 4. The monoisotopic (exact) mass is 230 g/mol. The van der Waals surface area contributed by atoms with Crippen molar-refractivity contribution in [3.63, 3.8) is 0 Å². The molecule has 1 aliphatic rings. The zero-order valence-electron chi connectivity index (χ0n) is 9.69. The molecule has 0 amide bonds. The van der Waals surface area contributed by atoms with Crippen LogP contribution >= 0.6 is 0 Å². The summed E-state index contributed by atoms with van der Waals surface area (Å²) in [5.41, 5.74) is 8.75. The number of fused-ring (bicyclic) bond motifs is 1. The van der Waals surface area contributed by atoms with E-state index in [4.69, 9.17) is 14.9 Å². The van der Waals surface area contributed by atoms with E-state index in [0.717, 1.165) is 42.2 Å². The minimum Gasteiger partial charge on any atom is -0.493 e. The molecule has 0 fully saturated rings. The first kappa shape index (κ1) is 10.2. The summed E-state index contributed by atoms with van der Waals surface area (Å²) in [5, 5.41) is 0. The Morgan fingerprint density at radius 1 is 1.41 bits per heavy atom. The Balaban J connectivity index is 2.08. The number of nitrogens with zero attached hydrogens (tertiary/aromatic N) is 1. The first-order chi connectivity index (χ1) is 8.28. The van der Waals surface area contributed by atoms with E-state index in [9.17, 15) is 0 Å². The number of anilines is 1. The average Bonchev–Trinajstić information content (AvgIpc) is 2.93. The fourth-order valence-corrected chi connectivity index (χ4v) is 2.16. The van der Waals surface area contributed by atoms with Crippen molar-refractivity contribution in [2.75, 3.05) is 12.3 Å². The number of nitrogen functional groups attached to an aromatic ring is 1. The zero-order chi connectivity index (χ0) is 11.8. The van der Waals surface area contributed by atoms with Crippen LogP contribution in [0, 0.1) is 0 Å². The molecule has 1 aromatic heterocycles. The lowest BCUT2D eigenvalue weighted by atomic mass is 10.1. The van der Waals surface area contributed by atoms with E-state index in [1.165, 1.54) is 5.56 Å². The molecule has 2 heterocycles. The van der Waals surface area contributed by atoms with Gasteiger partial charge in [-0.25, -0.2) is 0 Å². The largest absolute Gasteiger partial charge is 0.493 e. The Hall–Kier alpha value is -1.97. The summed E-state index contributed by atoms with van der Waals surface area (Å²) >= 11 is 0. The number of benzene rings is 1. The van der Waals surface area contributed by atoms with Crippen molar-refractivity contribution in [3.8, 4) is 17.1 Å². The van der Waals surface area contributed by atoms with Gasteiger partial charge < -0.3 is 14.9 Å². The normalized spacial score (nSPS) is 13.5. The van der Waals surface area contributed by atoms with Crippen molar-refractivity contribution in [2.45, 2.75) is 19.8 Å². The number of oxazole rings is 1. The molecule has 0 saturated heterocycles. The quantitative estimate of drug-likeness (QED) is 0.860. The molecule has 0 atom stereocenters. The predicted octanol–water partition coefficient (Wildman–Crippen LogP) is 2.42. The van der Waals surface area contributed by atoms with Crippen LogP contribution in [0.25, 0.3) is 11.3 Å². The second-order valence-corrected chi connectivity index (χ2v) is 4.10. The maximum atomic E-state index is 5.60. The molecule has 0 bridgehead atoms. The van der Waals surface area contributed by atoms with Crippen LogP contribution in [-0.2, 0) is 12.8 Å². The molecule has 3 rings (SSSR count). The molecule has 4 nitrogen and oxygen atoms in total. The fraction of sp³-hybridized carbons (Fsp3) is 0.308. The van der Waals surface area contributed by atoms with Gasteiger partial charge >= 0.3 is 0 Å². The smallest absolute Gasteiger partial charge is 0.292 e. The van der Waals surface area contributed by atoms with E-state index in [0.29, 0.717) is 0 Å². The summed E-state index contributed by atoms with van der Waals surface area (Å²) in [6.45, 7) is 2.80. The lowest BCUT2D eigenvalue weighted by Crippen LogP contribution is -1.87. The minimum absolute atomic E-state index is 0.230. The maximum Gasteiger partial charge on any atom is 0.292 e. The number of ether oxygens (including phenoxy) is 1. The minimum atomic E-state index is 0.230. The Kier molecular flexibility index (Phi) is 2.28. The maximum absolute atomic E-state index is 5.60. The van der Waals surface area contributed by atoms with Crippen molar-refractivity contribution >= 4 is 6.01 Å². The topological polar surface area (TPSA) is 61.3 Å². The molecule has 2 aromatic rings. The highest BCUT2D eigenvalue weighted by atomic mass is 16.5.